The van der Waals surface area contributed by atoms with Crippen LogP contribution in [0, 0.1) is 11.6 Å². The highest BCUT2D eigenvalue weighted by Gasteiger charge is 2.33. The van der Waals surface area contributed by atoms with Crippen LogP contribution in [0.4, 0.5) is 8.78 Å². The lowest BCUT2D eigenvalue weighted by molar-refractivity contribution is -0.129. The number of benzene rings is 1. The van der Waals surface area contributed by atoms with Gasteiger partial charge in [0.15, 0.2) is 5.71 Å². The third-order valence-electron chi connectivity index (χ3n) is 4.09. The number of nitrogens with one attached hydrogen (secondary N) is 2. The second-order valence-corrected chi connectivity index (χ2v) is 6.46. The van der Waals surface area contributed by atoms with E-state index in [1.807, 2.05) is 0 Å². The smallest absolute Gasteiger partial charge is 0.353 e. The van der Waals surface area contributed by atoms with E-state index < -0.39 is 23.1 Å². The van der Waals surface area contributed by atoms with Crippen molar-refractivity contribution >= 4 is 11.7 Å². The van der Waals surface area contributed by atoms with Crippen LogP contribution in [0.25, 0.3) is 0 Å². The van der Waals surface area contributed by atoms with Gasteiger partial charge < -0.3 is 20.6 Å². The lowest BCUT2D eigenvalue weighted by Gasteiger charge is -2.33. The average Bonchev–Trinajstić information content (AvgIpc) is 2.53. The molecule has 0 unspecified atom stereocenters. The number of ether oxygens (including phenoxy) is 1. The molecule has 1 aromatic rings. The van der Waals surface area contributed by atoms with Gasteiger partial charge in [0.05, 0.1) is 12.1 Å². The predicted octanol–water partition coefficient (Wildman–Crippen LogP) is 2.04. The molecule has 138 valence electrons. The van der Waals surface area contributed by atoms with Crippen LogP contribution in [0.3, 0.4) is 0 Å². The van der Waals surface area contributed by atoms with E-state index in [0.29, 0.717) is 13.2 Å². The largest absolute Gasteiger partial charge is 0.477 e. The third kappa shape index (κ3) is 5.20. The number of halogens is 2. The van der Waals surface area contributed by atoms with Crippen molar-refractivity contribution < 1.29 is 23.4 Å². The molecule has 0 radical (unpaired) electrons. The van der Waals surface area contributed by atoms with E-state index in [2.05, 4.69) is 15.8 Å². The molecule has 1 fully saturated rings. The number of hydrogen-bond donors (Lipinski definition) is 3. The van der Waals surface area contributed by atoms with Crippen LogP contribution < -0.4 is 10.7 Å². The van der Waals surface area contributed by atoms with Crippen LogP contribution >= 0.6 is 0 Å². The van der Waals surface area contributed by atoms with E-state index in [9.17, 15) is 18.7 Å². The molecule has 0 bridgehead atoms. The van der Waals surface area contributed by atoms with Gasteiger partial charge in [0.25, 0.3) is 0 Å². The minimum absolute atomic E-state index is 0.123. The minimum Gasteiger partial charge on any atom is -0.477 e. The highest BCUT2D eigenvalue weighted by atomic mass is 19.1. The fraction of sp³-hybridized carbons (Fsp3) is 0.529. The lowest BCUT2D eigenvalue weighted by Crippen LogP contribution is -2.55. The third-order valence-corrected chi connectivity index (χ3v) is 4.09. The van der Waals surface area contributed by atoms with Gasteiger partial charge in [-0.2, -0.15) is 5.10 Å². The Labute approximate surface area is 145 Å². The second kappa shape index (κ2) is 8.35. The van der Waals surface area contributed by atoms with Crippen molar-refractivity contribution in [3.63, 3.8) is 0 Å². The van der Waals surface area contributed by atoms with Gasteiger partial charge in [0, 0.05) is 24.8 Å². The van der Waals surface area contributed by atoms with Gasteiger partial charge in [0.1, 0.15) is 11.6 Å². The Kier molecular flexibility index (Phi) is 6.44. The summed E-state index contributed by atoms with van der Waals surface area (Å²) in [7, 11) is 0. The van der Waals surface area contributed by atoms with Crippen LogP contribution in [0.5, 0.6) is 0 Å². The molecule has 0 saturated carbocycles. The Balaban J connectivity index is 2.07. The summed E-state index contributed by atoms with van der Waals surface area (Å²) in [6.07, 6.45) is 1.56. The predicted molar refractivity (Wildman–Crippen MR) is 89.3 cm³/mol. The highest BCUT2D eigenvalue weighted by Crippen LogP contribution is 2.15. The van der Waals surface area contributed by atoms with E-state index in [1.165, 1.54) is 6.07 Å². The fourth-order valence-electron chi connectivity index (χ4n) is 2.77. The summed E-state index contributed by atoms with van der Waals surface area (Å²) >= 11 is 0. The van der Waals surface area contributed by atoms with Crippen molar-refractivity contribution in [2.75, 3.05) is 13.2 Å². The zero-order valence-electron chi connectivity index (χ0n) is 14.3. The molecular weight excluding hydrogens is 332 g/mol. The maximum absolute atomic E-state index is 13.6. The Morgan fingerprint density at radius 3 is 2.48 bits per heavy atom. The SMILES string of the molecule is CC(C)(NC1CCOCC1)/C(=N\NCc1c(F)cccc1F)C(=O)O. The van der Waals surface area contributed by atoms with Crippen LogP contribution in [-0.4, -0.2) is 41.6 Å². The van der Waals surface area contributed by atoms with Crippen LogP contribution in [0.2, 0.25) is 0 Å². The van der Waals surface area contributed by atoms with Gasteiger partial charge in [0.2, 0.25) is 0 Å². The molecule has 8 heteroatoms. The van der Waals surface area contributed by atoms with Crippen LogP contribution in [0.1, 0.15) is 32.3 Å². The molecule has 2 rings (SSSR count). The molecule has 6 nitrogen and oxygen atoms in total. The van der Waals surface area contributed by atoms with Gasteiger partial charge in [-0.3, -0.25) is 0 Å². The first-order valence-corrected chi connectivity index (χ1v) is 8.14. The van der Waals surface area contributed by atoms with Crippen molar-refractivity contribution in [1.29, 1.82) is 0 Å². The first-order valence-electron chi connectivity index (χ1n) is 8.14. The van der Waals surface area contributed by atoms with Gasteiger partial charge in [-0.15, -0.1) is 0 Å². The van der Waals surface area contributed by atoms with E-state index in [1.54, 1.807) is 13.8 Å². The summed E-state index contributed by atoms with van der Waals surface area (Å²) in [5.74, 6) is -2.62. The summed E-state index contributed by atoms with van der Waals surface area (Å²) < 4.78 is 32.5. The summed E-state index contributed by atoms with van der Waals surface area (Å²) in [6.45, 7) is 4.42. The Hall–Kier alpha value is -2.06. The first kappa shape index (κ1) is 19.3. The molecule has 0 amide bonds. The van der Waals surface area contributed by atoms with E-state index in [-0.39, 0.29) is 23.9 Å². The molecular formula is C17H23F2N3O3. The van der Waals surface area contributed by atoms with Crippen molar-refractivity contribution in [3.05, 3.63) is 35.4 Å². The molecule has 1 aromatic carbocycles. The number of hydrogen-bond acceptors (Lipinski definition) is 5. The highest BCUT2D eigenvalue weighted by molar-refractivity contribution is 6.39. The molecule has 0 atom stereocenters. The fourth-order valence-corrected chi connectivity index (χ4v) is 2.77. The monoisotopic (exact) mass is 355 g/mol. The van der Waals surface area contributed by atoms with Crippen molar-refractivity contribution in [3.8, 4) is 0 Å². The molecule has 25 heavy (non-hydrogen) atoms. The minimum atomic E-state index is -1.20. The first-order chi connectivity index (χ1) is 11.8. The molecule has 1 heterocycles. The molecule has 1 aliphatic rings. The zero-order chi connectivity index (χ0) is 18.4. The van der Waals surface area contributed by atoms with Crippen LogP contribution in [0.15, 0.2) is 23.3 Å². The van der Waals surface area contributed by atoms with Gasteiger partial charge >= 0.3 is 5.97 Å². The normalized spacial score (nSPS) is 16.7. The number of carboxylic acids is 1. The summed E-state index contributed by atoms with van der Waals surface area (Å²) in [6, 6.07) is 3.66. The maximum atomic E-state index is 13.6. The summed E-state index contributed by atoms with van der Waals surface area (Å²) in [4.78, 5) is 11.6. The Bertz CT molecular complexity index is 624. The van der Waals surface area contributed by atoms with Gasteiger partial charge in [-0.25, -0.2) is 13.6 Å². The molecule has 0 aliphatic carbocycles. The second-order valence-electron chi connectivity index (χ2n) is 6.46. The number of hydrazone groups is 1. The lowest BCUT2D eigenvalue weighted by atomic mass is 9.95. The van der Waals surface area contributed by atoms with E-state index in [0.717, 1.165) is 25.0 Å². The van der Waals surface area contributed by atoms with E-state index >= 15 is 0 Å². The quantitative estimate of drug-likeness (QED) is 0.515. The summed E-state index contributed by atoms with van der Waals surface area (Å²) in [5.41, 5.74) is 1.20. The van der Waals surface area contributed by atoms with Gasteiger partial charge in [-0.1, -0.05) is 6.07 Å². The molecule has 1 aliphatic heterocycles. The zero-order valence-corrected chi connectivity index (χ0v) is 14.3. The molecule has 0 spiro atoms. The average molecular weight is 355 g/mol. The standard InChI is InChI=1S/C17H23F2N3O3/c1-17(2,21-11-6-8-25-9-7-11)15(16(23)24)22-20-10-12-13(18)4-3-5-14(12)19/h3-5,11,20-21H,6-10H2,1-2H3,(H,23,24)/b22-15-. The molecule has 1 saturated heterocycles. The molecule has 0 aromatic heterocycles. The van der Waals surface area contributed by atoms with Crippen molar-refractivity contribution in [2.45, 2.75) is 44.8 Å². The number of carboxylic acid groups (broad SMARTS) is 1. The number of aliphatic carboxylic acids is 1. The molecule has 3 N–H and O–H groups in total. The van der Waals surface area contributed by atoms with E-state index in [4.69, 9.17) is 4.74 Å². The Morgan fingerprint density at radius 2 is 1.92 bits per heavy atom. The van der Waals surface area contributed by atoms with Gasteiger partial charge in [-0.05, 0) is 38.8 Å². The van der Waals surface area contributed by atoms with Crippen LogP contribution in [-0.2, 0) is 16.1 Å². The number of nitrogens with zero attached hydrogens (tertiary/aromatic N) is 1. The number of rotatable bonds is 7. The topological polar surface area (TPSA) is 83.0 Å². The van der Waals surface area contributed by atoms with Crippen molar-refractivity contribution in [2.24, 2.45) is 5.10 Å². The van der Waals surface area contributed by atoms with Crippen molar-refractivity contribution in [1.82, 2.24) is 10.7 Å². The maximum Gasteiger partial charge on any atom is 0.353 e. The Morgan fingerprint density at radius 1 is 1.32 bits per heavy atom. The number of carbonyl (C=O) groups is 1. The summed E-state index contributed by atoms with van der Waals surface area (Å²) in [5, 5.41) is 16.6.